The first-order chi connectivity index (χ1) is 12.0. The summed E-state index contributed by atoms with van der Waals surface area (Å²) in [6, 6.07) is 3.68. The summed E-state index contributed by atoms with van der Waals surface area (Å²) in [6.45, 7) is 4.47. The Morgan fingerprint density at radius 3 is 2.58 bits per heavy atom. The van der Waals surface area contributed by atoms with E-state index in [9.17, 15) is 19.7 Å². The molecular formula is C17H18Cl2N2O5. The van der Waals surface area contributed by atoms with Gasteiger partial charge >= 0.3 is 6.09 Å². The second kappa shape index (κ2) is 7.63. The van der Waals surface area contributed by atoms with Crippen molar-refractivity contribution in [3.8, 4) is 0 Å². The number of nitrogens with zero attached hydrogens (tertiary/aromatic N) is 2. The van der Waals surface area contributed by atoms with Crippen LogP contribution in [0.4, 0.5) is 4.79 Å². The molecule has 2 atom stereocenters. The largest absolute Gasteiger partial charge is 0.443 e. The zero-order valence-corrected chi connectivity index (χ0v) is 16.0. The molecule has 0 aliphatic carbocycles. The van der Waals surface area contributed by atoms with Crippen molar-refractivity contribution in [2.75, 3.05) is 6.54 Å². The number of benzene rings is 1. The van der Waals surface area contributed by atoms with Crippen LogP contribution >= 0.6 is 23.2 Å². The van der Waals surface area contributed by atoms with Crippen LogP contribution in [0.2, 0.25) is 10.0 Å². The van der Waals surface area contributed by atoms with Crippen molar-refractivity contribution in [3.63, 3.8) is 0 Å². The number of hydrogen-bond acceptors (Lipinski definition) is 5. The molecule has 1 aromatic rings. The Kier molecular flexibility index (Phi) is 5.93. The maximum Gasteiger partial charge on any atom is 0.417 e. The summed E-state index contributed by atoms with van der Waals surface area (Å²) in [7, 11) is 0. The molecule has 0 spiro atoms. The van der Waals surface area contributed by atoms with E-state index < -0.39 is 41.0 Å². The Morgan fingerprint density at radius 2 is 2.04 bits per heavy atom. The van der Waals surface area contributed by atoms with Gasteiger partial charge in [0.05, 0.1) is 12.0 Å². The fourth-order valence-corrected chi connectivity index (χ4v) is 3.23. The lowest BCUT2D eigenvalue weighted by Gasteiger charge is -2.30. The van der Waals surface area contributed by atoms with Gasteiger partial charge in [-0.1, -0.05) is 35.3 Å². The van der Waals surface area contributed by atoms with Gasteiger partial charge in [0.15, 0.2) is 0 Å². The topological polar surface area (TPSA) is 89.8 Å². The average molecular weight is 401 g/mol. The van der Waals surface area contributed by atoms with E-state index in [0.29, 0.717) is 10.6 Å². The second-order valence-electron chi connectivity index (χ2n) is 6.83. The molecule has 0 bridgehead atoms. The number of ether oxygens (including phenoxy) is 1. The van der Waals surface area contributed by atoms with Gasteiger partial charge in [0.25, 0.3) is 5.91 Å². The molecule has 9 heteroatoms. The number of carbonyl (C=O) groups is 2. The zero-order valence-electron chi connectivity index (χ0n) is 14.4. The van der Waals surface area contributed by atoms with E-state index in [1.165, 1.54) is 18.2 Å². The molecule has 2 amide bonds. The van der Waals surface area contributed by atoms with Gasteiger partial charge in [0.2, 0.25) is 6.54 Å². The average Bonchev–Trinajstić information content (AvgIpc) is 2.85. The number of imide groups is 1. The molecule has 7 nitrogen and oxygen atoms in total. The van der Waals surface area contributed by atoms with Gasteiger partial charge in [-0.15, -0.1) is 0 Å². The maximum atomic E-state index is 12.5. The van der Waals surface area contributed by atoms with Crippen molar-refractivity contribution in [3.05, 3.63) is 56.1 Å². The number of halogens is 2. The molecule has 0 unspecified atom stereocenters. The molecule has 0 saturated carbocycles. The van der Waals surface area contributed by atoms with E-state index in [2.05, 4.69) is 0 Å². The normalized spacial score (nSPS) is 18.1. The summed E-state index contributed by atoms with van der Waals surface area (Å²) in [5, 5.41) is 11.8. The first-order valence-electron chi connectivity index (χ1n) is 7.80. The number of amides is 2. The summed E-state index contributed by atoms with van der Waals surface area (Å²) in [5.74, 6) is -1.44. The van der Waals surface area contributed by atoms with Crippen LogP contribution in [-0.2, 0) is 9.53 Å². The van der Waals surface area contributed by atoms with Gasteiger partial charge in [0, 0.05) is 21.0 Å². The van der Waals surface area contributed by atoms with Crippen LogP contribution in [-0.4, -0.2) is 40.0 Å². The summed E-state index contributed by atoms with van der Waals surface area (Å²) < 4.78 is 5.26. The molecule has 1 aliphatic heterocycles. The Hall–Kier alpha value is -2.12. The predicted molar refractivity (Wildman–Crippen MR) is 97.1 cm³/mol. The van der Waals surface area contributed by atoms with Crippen molar-refractivity contribution >= 4 is 35.2 Å². The molecule has 1 heterocycles. The van der Waals surface area contributed by atoms with Gasteiger partial charge < -0.3 is 4.74 Å². The van der Waals surface area contributed by atoms with Crippen LogP contribution in [0.15, 0.2) is 30.4 Å². The Balaban J connectivity index is 2.42. The molecule has 1 aromatic carbocycles. The van der Waals surface area contributed by atoms with Gasteiger partial charge in [0.1, 0.15) is 5.60 Å². The van der Waals surface area contributed by atoms with Gasteiger partial charge in [-0.3, -0.25) is 14.9 Å². The minimum absolute atomic E-state index is 0.223. The lowest BCUT2D eigenvalue weighted by Crippen LogP contribution is -2.46. The van der Waals surface area contributed by atoms with E-state index in [4.69, 9.17) is 27.9 Å². The summed E-state index contributed by atoms with van der Waals surface area (Å²) in [6.07, 6.45) is 1.78. The molecule has 2 rings (SSSR count). The van der Waals surface area contributed by atoms with Crippen LogP contribution < -0.4 is 0 Å². The highest BCUT2D eigenvalue weighted by molar-refractivity contribution is 6.35. The highest BCUT2D eigenvalue weighted by Crippen LogP contribution is 2.34. The quantitative estimate of drug-likeness (QED) is 0.561. The number of rotatable bonds is 4. The van der Waals surface area contributed by atoms with Crippen molar-refractivity contribution in [2.45, 2.75) is 38.3 Å². The zero-order chi connectivity index (χ0) is 19.6. The van der Waals surface area contributed by atoms with Crippen molar-refractivity contribution in [2.24, 2.45) is 0 Å². The number of nitro groups is 1. The molecule has 0 aromatic heterocycles. The third-order valence-electron chi connectivity index (χ3n) is 3.68. The van der Waals surface area contributed by atoms with Crippen LogP contribution in [0.5, 0.6) is 0 Å². The molecule has 1 aliphatic rings. The van der Waals surface area contributed by atoms with Gasteiger partial charge in [-0.2, -0.15) is 0 Å². The standard InChI is InChI=1S/C17H18Cl2N2O5/c1-17(2,3)26-16(23)21-14(6-7-15(21)22)12(9-20(24)25)11-5-4-10(18)8-13(11)19/h4-8,12,14H,9H2,1-3H3/t12-,14+/m0/s1. The fraction of sp³-hybridized carbons (Fsp3) is 0.412. The van der Waals surface area contributed by atoms with E-state index in [1.54, 1.807) is 32.9 Å². The van der Waals surface area contributed by atoms with E-state index >= 15 is 0 Å². The summed E-state index contributed by atoms with van der Waals surface area (Å²) in [5.41, 5.74) is -0.397. The minimum Gasteiger partial charge on any atom is -0.443 e. The molecule has 26 heavy (non-hydrogen) atoms. The van der Waals surface area contributed by atoms with Crippen molar-refractivity contribution in [1.82, 2.24) is 4.90 Å². The molecule has 140 valence electrons. The molecule has 0 fully saturated rings. The maximum absolute atomic E-state index is 12.5. The minimum atomic E-state index is -0.888. The molecule has 0 N–H and O–H groups in total. The van der Waals surface area contributed by atoms with Gasteiger partial charge in [-0.25, -0.2) is 9.69 Å². The Labute approximate surface area is 160 Å². The van der Waals surface area contributed by atoms with Crippen molar-refractivity contribution < 1.29 is 19.2 Å². The van der Waals surface area contributed by atoms with Crippen LogP contribution in [0.1, 0.15) is 32.3 Å². The fourth-order valence-electron chi connectivity index (χ4n) is 2.68. The first-order valence-corrected chi connectivity index (χ1v) is 8.56. The molecule has 0 radical (unpaired) electrons. The second-order valence-corrected chi connectivity index (χ2v) is 7.67. The van der Waals surface area contributed by atoms with E-state index in [1.807, 2.05) is 0 Å². The number of hydrogen-bond donors (Lipinski definition) is 0. The smallest absolute Gasteiger partial charge is 0.417 e. The highest BCUT2D eigenvalue weighted by Gasteiger charge is 2.42. The monoisotopic (exact) mass is 400 g/mol. The summed E-state index contributed by atoms with van der Waals surface area (Å²) >= 11 is 12.1. The SMILES string of the molecule is CC(C)(C)OC(=O)N1C(=O)C=C[C@@H]1[C@@H](C[N+](=O)[O-])c1ccc(Cl)cc1Cl. The summed E-state index contributed by atoms with van der Waals surface area (Å²) in [4.78, 5) is 36.2. The van der Waals surface area contributed by atoms with Crippen LogP contribution in [0.3, 0.4) is 0 Å². The van der Waals surface area contributed by atoms with Crippen LogP contribution in [0.25, 0.3) is 0 Å². The molecule has 0 saturated heterocycles. The van der Waals surface area contributed by atoms with E-state index in [-0.39, 0.29) is 5.02 Å². The Bertz CT molecular complexity index is 773. The third-order valence-corrected chi connectivity index (χ3v) is 4.24. The first kappa shape index (κ1) is 20.2. The third kappa shape index (κ3) is 4.74. The number of carbonyl (C=O) groups excluding carboxylic acids is 2. The lowest BCUT2D eigenvalue weighted by atomic mass is 9.91. The van der Waals surface area contributed by atoms with Crippen molar-refractivity contribution in [1.29, 1.82) is 0 Å². The molecular weight excluding hydrogens is 383 g/mol. The lowest BCUT2D eigenvalue weighted by molar-refractivity contribution is -0.484. The highest BCUT2D eigenvalue weighted by atomic mass is 35.5. The Morgan fingerprint density at radius 1 is 1.38 bits per heavy atom. The van der Waals surface area contributed by atoms with E-state index in [0.717, 1.165) is 4.90 Å². The predicted octanol–water partition coefficient (Wildman–Crippen LogP) is 4.06. The van der Waals surface area contributed by atoms with Crippen LogP contribution in [0, 0.1) is 10.1 Å². The van der Waals surface area contributed by atoms with Gasteiger partial charge in [-0.05, 0) is 38.5 Å².